The standard InChI is InChI=1S/C19H27N5S.HI/c1-4-20-17(21-12-16-13-25-18(23-16)24(2)3)22-14-19(10-11-19)15-8-6-5-7-9-15;/h5-9,13H,4,10-12,14H2,1-3H3,(H2,20,21,22);1H. The van der Waals surface area contributed by atoms with Crippen LogP contribution in [-0.2, 0) is 12.0 Å². The summed E-state index contributed by atoms with van der Waals surface area (Å²) in [4.78, 5) is 11.3. The first-order chi connectivity index (χ1) is 12.1. The van der Waals surface area contributed by atoms with Gasteiger partial charge in [0.05, 0.1) is 12.2 Å². The SMILES string of the molecule is CCNC(=NCc1csc(N(C)C)n1)NCC1(c2ccccc2)CC1.I. The van der Waals surface area contributed by atoms with Crippen LogP contribution in [0.5, 0.6) is 0 Å². The van der Waals surface area contributed by atoms with Crippen LogP contribution in [0.15, 0.2) is 40.7 Å². The van der Waals surface area contributed by atoms with Crippen LogP contribution < -0.4 is 15.5 Å². The van der Waals surface area contributed by atoms with Crippen molar-refractivity contribution in [3.05, 3.63) is 47.0 Å². The summed E-state index contributed by atoms with van der Waals surface area (Å²) in [6.45, 7) is 4.46. The van der Waals surface area contributed by atoms with Crippen molar-refractivity contribution >= 4 is 46.4 Å². The summed E-state index contributed by atoms with van der Waals surface area (Å²) in [5.74, 6) is 0.865. The third-order valence-corrected chi connectivity index (χ3v) is 5.56. The molecule has 2 N–H and O–H groups in total. The monoisotopic (exact) mass is 485 g/mol. The van der Waals surface area contributed by atoms with E-state index in [0.29, 0.717) is 6.54 Å². The zero-order valence-electron chi connectivity index (χ0n) is 15.7. The molecule has 0 spiro atoms. The van der Waals surface area contributed by atoms with E-state index in [4.69, 9.17) is 4.99 Å². The van der Waals surface area contributed by atoms with E-state index in [1.165, 1.54) is 18.4 Å². The number of thiazole rings is 1. The van der Waals surface area contributed by atoms with E-state index in [9.17, 15) is 0 Å². The van der Waals surface area contributed by atoms with Crippen molar-refractivity contribution in [2.45, 2.75) is 31.7 Å². The highest BCUT2D eigenvalue weighted by molar-refractivity contribution is 14.0. The number of halogens is 1. The second-order valence-electron chi connectivity index (χ2n) is 6.71. The van der Waals surface area contributed by atoms with Crippen molar-refractivity contribution in [2.75, 3.05) is 32.1 Å². The molecule has 142 valence electrons. The van der Waals surface area contributed by atoms with Crippen molar-refractivity contribution in [1.82, 2.24) is 15.6 Å². The Morgan fingerprint density at radius 2 is 1.96 bits per heavy atom. The highest BCUT2D eigenvalue weighted by Gasteiger charge is 2.43. The highest BCUT2D eigenvalue weighted by atomic mass is 127. The second kappa shape index (κ2) is 9.55. The van der Waals surface area contributed by atoms with Gasteiger partial charge in [-0.15, -0.1) is 35.3 Å². The van der Waals surface area contributed by atoms with E-state index < -0.39 is 0 Å². The lowest BCUT2D eigenvalue weighted by molar-refractivity contribution is 0.646. The number of guanidine groups is 1. The Balaban J connectivity index is 0.00000243. The predicted molar refractivity (Wildman–Crippen MR) is 122 cm³/mol. The molecular formula is C19H28IN5S. The number of anilines is 1. The molecule has 1 fully saturated rings. The second-order valence-corrected chi connectivity index (χ2v) is 7.55. The Morgan fingerprint density at radius 1 is 1.23 bits per heavy atom. The maximum atomic E-state index is 4.70. The summed E-state index contributed by atoms with van der Waals surface area (Å²) in [5.41, 5.74) is 2.71. The van der Waals surface area contributed by atoms with Crippen molar-refractivity contribution in [3.8, 4) is 0 Å². The van der Waals surface area contributed by atoms with Gasteiger partial charge in [0.2, 0.25) is 0 Å². The number of nitrogens with zero attached hydrogens (tertiary/aromatic N) is 3. The van der Waals surface area contributed by atoms with Gasteiger partial charge in [0.25, 0.3) is 0 Å². The van der Waals surface area contributed by atoms with Gasteiger partial charge in [-0.2, -0.15) is 0 Å². The fraction of sp³-hybridized carbons (Fsp3) is 0.474. The van der Waals surface area contributed by atoms with Gasteiger partial charge in [-0.1, -0.05) is 30.3 Å². The highest BCUT2D eigenvalue weighted by Crippen LogP contribution is 2.47. The molecule has 1 aromatic heterocycles. The van der Waals surface area contributed by atoms with Crippen LogP contribution in [0.25, 0.3) is 0 Å². The van der Waals surface area contributed by atoms with Crippen molar-refractivity contribution in [1.29, 1.82) is 0 Å². The summed E-state index contributed by atoms with van der Waals surface area (Å²) >= 11 is 1.65. The van der Waals surface area contributed by atoms with Crippen molar-refractivity contribution in [2.24, 2.45) is 4.99 Å². The van der Waals surface area contributed by atoms with Crippen molar-refractivity contribution < 1.29 is 0 Å². The molecule has 26 heavy (non-hydrogen) atoms. The number of nitrogens with one attached hydrogen (secondary N) is 2. The minimum Gasteiger partial charge on any atom is -0.357 e. The average molecular weight is 485 g/mol. The first-order valence-corrected chi connectivity index (χ1v) is 9.70. The van der Waals surface area contributed by atoms with Gasteiger partial charge in [-0.05, 0) is 25.3 Å². The third-order valence-electron chi connectivity index (χ3n) is 4.50. The first-order valence-electron chi connectivity index (χ1n) is 8.82. The van der Waals surface area contributed by atoms with Crippen LogP contribution in [0.1, 0.15) is 31.0 Å². The zero-order valence-corrected chi connectivity index (χ0v) is 18.8. The predicted octanol–water partition coefficient (Wildman–Crippen LogP) is 3.61. The van der Waals surface area contributed by atoms with Gasteiger partial charge in [0, 0.05) is 38.0 Å². The summed E-state index contributed by atoms with van der Waals surface area (Å²) in [7, 11) is 4.02. The lowest BCUT2D eigenvalue weighted by Crippen LogP contribution is -2.41. The molecule has 1 heterocycles. The molecule has 0 aliphatic heterocycles. The molecule has 3 rings (SSSR count). The Kier molecular flexibility index (Phi) is 7.69. The number of aliphatic imine (C=N–C) groups is 1. The van der Waals surface area contributed by atoms with Crippen LogP contribution in [0.2, 0.25) is 0 Å². The van der Waals surface area contributed by atoms with Gasteiger partial charge >= 0.3 is 0 Å². The van der Waals surface area contributed by atoms with Crippen LogP contribution in [-0.4, -0.2) is 38.1 Å². The van der Waals surface area contributed by atoms with Gasteiger partial charge in [0.1, 0.15) is 0 Å². The van der Waals surface area contributed by atoms with Crippen molar-refractivity contribution in [3.63, 3.8) is 0 Å². The molecule has 2 aromatic rings. The molecule has 0 unspecified atom stereocenters. The Labute approximate surface area is 177 Å². The molecule has 1 aliphatic carbocycles. The Bertz CT molecular complexity index is 710. The third kappa shape index (κ3) is 5.33. The van der Waals surface area contributed by atoms with Gasteiger partial charge in [0.15, 0.2) is 11.1 Å². The Hall–Kier alpha value is -1.35. The number of hydrogen-bond donors (Lipinski definition) is 2. The van der Waals surface area contributed by atoms with E-state index in [-0.39, 0.29) is 29.4 Å². The van der Waals surface area contributed by atoms with Crippen LogP contribution in [0.3, 0.4) is 0 Å². The normalized spacial score (nSPS) is 15.1. The maximum absolute atomic E-state index is 4.70. The quantitative estimate of drug-likeness (QED) is 0.358. The molecule has 1 saturated carbocycles. The van der Waals surface area contributed by atoms with Crippen LogP contribution >= 0.6 is 35.3 Å². The van der Waals surface area contributed by atoms with E-state index in [0.717, 1.165) is 29.9 Å². The largest absolute Gasteiger partial charge is 0.357 e. The summed E-state index contributed by atoms with van der Waals surface area (Å²) in [6.07, 6.45) is 2.48. The molecule has 0 atom stereocenters. The van der Waals surface area contributed by atoms with Gasteiger partial charge in [-0.3, -0.25) is 0 Å². The molecule has 0 radical (unpaired) electrons. The summed E-state index contributed by atoms with van der Waals surface area (Å²) in [6, 6.07) is 10.8. The molecule has 1 aliphatic rings. The lowest BCUT2D eigenvalue weighted by Gasteiger charge is -2.19. The van der Waals surface area contributed by atoms with Gasteiger partial charge in [-0.25, -0.2) is 9.98 Å². The zero-order chi connectivity index (χ0) is 17.7. The summed E-state index contributed by atoms with van der Waals surface area (Å²) in [5, 5.41) is 9.96. The van der Waals surface area contributed by atoms with Crippen LogP contribution in [0, 0.1) is 0 Å². The Morgan fingerprint density at radius 3 is 2.54 bits per heavy atom. The van der Waals surface area contributed by atoms with Crippen LogP contribution in [0.4, 0.5) is 5.13 Å². The summed E-state index contributed by atoms with van der Waals surface area (Å²) < 4.78 is 0. The van der Waals surface area contributed by atoms with E-state index >= 15 is 0 Å². The molecule has 1 aromatic carbocycles. The van der Waals surface area contributed by atoms with E-state index in [1.807, 2.05) is 19.0 Å². The average Bonchev–Trinajstić information content (AvgIpc) is 3.27. The smallest absolute Gasteiger partial charge is 0.191 e. The molecule has 0 amide bonds. The number of rotatable bonds is 7. The van der Waals surface area contributed by atoms with E-state index in [1.54, 1.807) is 11.3 Å². The molecule has 5 nitrogen and oxygen atoms in total. The molecule has 0 saturated heterocycles. The number of aromatic nitrogens is 1. The number of hydrogen-bond acceptors (Lipinski definition) is 4. The van der Waals surface area contributed by atoms with E-state index in [2.05, 4.69) is 58.3 Å². The topological polar surface area (TPSA) is 52.6 Å². The molecule has 7 heteroatoms. The minimum absolute atomic E-state index is 0. The minimum atomic E-state index is 0. The van der Waals surface area contributed by atoms with Gasteiger partial charge < -0.3 is 15.5 Å². The fourth-order valence-electron chi connectivity index (χ4n) is 2.84. The first kappa shape index (κ1) is 21.0. The maximum Gasteiger partial charge on any atom is 0.191 e. The molecular weight excluding hydrogens is 457 g/mol. The fourth-order valence-corrected chi connectivity index (χ4v) is 3.59. The lowest BCUT2D eigenvalue weighted by atomic mass is 9.96. The number of benzene rings is 1. The molecule has 0 bridgehead atoms.